The lowest BCUT2D eigenvalue weighted by Gasteiger charge is -2.17. The molecule has 0 aliphatic carbocycles. The summed E-state index contributed by atoms with van der Waals surface area (Å²) in [5.41, 5.74) is 22.7. The third-order valence-electron chi connectivity index (χ3n) is 14.5. The van der Waals surface area contributed by atoms with E-state index in [1.807, 2.05) is 0 Å². The third-order valence-corrected chi connectivity index (χ3v) is 14.5. The molecule has 4 unspecified atom stereocenters. The predicted octanol–water partition coefficient (Wildman–Crippen LogP) is 9.34. The maximum atomic E-state index is 13.2. The first kappa shape index (κ1) is 70.6. The van der Waals surface area contributed by atoms with Crippen molar-refractivity contribution in [2.24, 2.45) is 46.6 Å². The Morgan fingerprint density at radius 3 is 0.824 bits per heavy atom. The molecule has 15 heteroatoms. The van der Waals surface area contributed by atoms with Gasteiger partial charge in [-0.05, 0) is 129 Å². The Morgan fingerprint density at radius 1 is 0.311 bits per heavy atom. The van der Waals surface area contributed by atoms with Crippen LogP contribution in [0, 0.1) is 23.7 Å². The van der Waals surface area contributed by atoms with Crippen molar-refractivity contribution in [3.63, 3.8) is 0 Å². The first-order chi connectivity index (χ1) is 35.8. The fourth-order valence-electron chi connectivity index (χ4n) is 9.65. The number of hydrogen-bond acceptors (Lipinski definition) is 12. The van der Waals surface area contributed by atoms with E-state index in [2.05, 4.69) is 22.9 Å². The van der Waals surface area contributed by atoms with Gasteiger partial charge in [0.2, 0.25) is 17.7 Å². The number of nitrogens with one attached hydrogen (secondary N) is 3. The molecular formula is C59H111N7O8. The van der Waals surface area contributed by atoms with Crippen molar-refractivity contribution in [1.29, 1.82) is 0 Å². The Labute approximate surface area is 449 Å². The van der Waals surface area contributed by atoms with Crippen molar-refractivity contribution in [3.8, 4) is 0 Å². The second kappa shape index (κ2) is 50.4. The number of carbonyl (C=O) groups is 8. The molecule has 0 bridgehead atoms. The number of rotatable bonds is 56. The molecule has 0 aromatic heterocycles. The van der Waals surface area contributed by atoms with Gasteiger partial charge < -0.3 is 38.9 Å². The number of amides is 3. The second-order valence-electron chi connectivity index (χ2n) is 21.4. The molecule has 15 nitrogen and oxygen atoms in total. The van der Waals surface area contributed by atoms with E-state index in [4.69, 9.17) is 22.9 Å². The molecule has 4 atom stereocenters. The Kier molecular flexibility index (Phi) is 48.1. The molecule has 430 valence electrons. The number of Topliss-reactive ketones (excluding diaryl/α,β-unsaturated/α-hetero) is 5. The number of nitrogens with two attached hydrogens (primary N) is 4. The molecule has 0 rings (SSSR count). The molecular weight excluding hydrogens is 935 g/mol. The molecule has 0 saturated heterocycles. The van der Waals surface area contributed by atoms with E-state index in [1.54, 1.807) is 6.92 Å². The summed E-state index contributed by atoms with van der Waals surface area (Å²) in [5.74, 6) is -0.715. The molecule has 0 aromatic rings. The van der Waals surface area contributed by atoms with Gasteiger partial charge >= 0.3 is 0 Å². The average molecular weight is 1050 g/mol. The molecule has 0 aromatic carbocycles. The number of hydrogen-bond donors (Lipinski definition) is 7. The van der Waals surface area contributed by atoms with Crippen LogP contribution < -0.4 is 38.9 Å². The summed E-state index contributed by atoms with van der Waals surface area (Å²) in [4.78, 5) is 102. The Morgan fingerprint density at radius 2 is 0.554 bits per heavy atom. The van der Waals surface area contributed by atoms with Crippen LogP contribution in [0.4, 0.5) is 0 Å². The number of unbranched alkanes of at least 4 members (excludes halogenated alkanes) is 18. The van der Waals surface area contributed by atoms with Crippen LogP contribution in [-0.2, 0) is 38.4 Å². The molecule has 0 aliphatic rings. The quantitative estimate of drug-likeness (QED) is 0.0281. The molecule has 3 amide bonds. The summed E-state index contributed by atoms with van der Waals surface area (Å²) in [5, 5.41) is 9.18. The highest BCUT2D eigenvalue weighted by atomic mass is 16.2. The lowest BCUT2D eigenvalue weighted by molar-refractivity contribution is -0.129. The summed E-state index contributed by atoms with van der Waals surface area (Å²) < 4.78 is 0. The largest absolute Gasteiger partial charge is 0.356 e. The Balaban J connectivity index is 4.46. The molecule has 0 heterocycles. The van der Waals surface area contributed by atoms with Gasteiger partial charge in [0.1, 0.15) is 28.9 Å². The number of carbonyl (C=O) groups excluding carboxylic acids is 8. The summed E-state index contributed by atoms with van der Waals surface area (Å²) >= 11 is 0. The molecule has 11 N–H and O–H groups in total. The Hall–Kier alpha value is -3.40. The zero-order chi connectivity index (χ0) is 54.9. The average Bonchev–Trinajstić information content (AvgIpc) is 3.37. The van der Waals surface area contributed by atoms with E-state index >= 15 is 0 Å². The van der Waals surface area contributed by atoms with Crippen LogP contribution in [0.15, 0.2) is 0 Å². The van der Waals surface area contributed by atoms with Gasteiger partial charge in [-0.2, -0.15) is 0 Å². The molecule has 0 fully saturated rings. The monoisotopic (exact) mass is 1050 g/mol. The van der Waals surface area contributed by atoms with Crippen LogP contribution in [-0.4, -0.2) is 92.5 Å². The Bertz CT molecular complexity index is 1500. The van der Waals surface area contributed by atoms with Gasteiger partial charge in [0.15, 0.2) is 0 Å². The minimum absolute atomic E-state index is 0.0330. The molecule has 0 spiro atoms. The lowest BCUT2D eigenvalue weighted by atomic mass is 9.91. The SMILES string of the molecule is CCCCCC(=O)CC(CCCCN)C(=O)NCCCCCCCC(=O)CC(CCCCN)C(=O)NCCCCCCCC(=O)CC(CCCCN)C(=O)NCCCCCCCC(=O)CC(CCCCN)C(C)=O. The topological polar surface area (TPSA) is 277 Å². The van der Waals surface area contributed by atoms with Gasteiger partial charge in [0.25, 0.3) is 0 Å². The summed E-state index contributed by atoms with van der Waals surface area (Å²) in [6.07, 6.45) is 28.7. The van der Waals surface area contributed by atoms with Crippen molar-refractivity contribution >= 4 is 46.6 Å². The van der Waals surface area contributed by atoms with Crippen molar-refractivity contribution in [2.45, 2.75) is 258 Å². The summed E-state index contributed by atoms with van der Waals surface area (Å²) in [7, 11) is 0. The normalized spacial score (nSPS) is 12.9. The maximum absolute atomic E-state index is 13.2. The minimum Gasteiger partial charge on any atom is -0.356 e. The van der Waals surface area contributed by atoms with E-state index in [-0.39, 0.29) is 83.2 Å². The van der Waals surface area contributed by atoms with Crippen molar-refractivity contribution in [1.82, 2.24) is 16.0 Å². The van der Waals surface area contributed by atoms with E-state index < -0.39 is 0 Å². The van der Waals surface area contributed by atoms with E-state index in [1.165, 1.54) is 0 Å². The zero-order valence-electron chi connectivity index (χ0n) is 47.2. The van der Waals surface area contributed by atoms with Gasteiger partial charge in [-0.25, -0.2) is 0 Å². The fourth-order valence-corrected chi connectivity index (χ4v) is 9.65. The minimum atomic E-state index is -0.355. The van der Waals surface area contributed by atoms with Crippen LogP contribution in [0.3, 0.4) is 0 Å². The first-order valence-electron chi connectivity index (χ1n) is 30.0. The van der Waals surface area contributed by atoms with Crippen LogP contribution in [0.25, 0.3) is 0 Å². The van der Waals surface area contributed by atoms with Gasteiger partial charge in [0, 0.05) is 94.7 Å². The predicted molar refractivity (Wildman–Crippen MR) is 301 cm³/mol. The van der Waals surface area contributed by atoms with E-state index in [9.17, 15) is 38.4 Å². The number of ketones is 5. The van der Waals surface area contributed by atoms with Crippen molar-refractivity contribution in [2.75, 3.05) is 45.8 Å². The lowest BCUT2D eigenvalue weighted by Crippen LogP contribution is -2.33. The molecule has 0 radical (unpaired) electrons. The van der Waals surface area contributed by atoms with Crippen LogP contribution in [0.5, 0.6) is 0 Å². The van der Waals surface area contributed by atoms with Crippen LogP contribution in [0.1, 0.15) is 258 Å². The maximum Gasteiger partial charge on any atom is 0.223 e. The van der Waals surface area contributed by atoms with Crippen molar-refractivity contribution in [3.05, 3.63) is 0 Å². The van der Waals surface area contributed by atoms with Crippen LogP contribution >= 0.6 is 0 Å². The van der Waals surface area contributed by atoms with Gasteiger partial charge in [0.05, 0.1) is 0 Å². The highest BCUT2D eigenvalue weighted by molar-refractivity contribution is 5.88. The highest BCUT2D eigenvalue weighted by Gasteiger charge is 2.24. The molecule has 74 heavy (non-hydrogen) atoms. The van der Waals surface area contributed by atoms with E-state index in [0.717, 1.165) is 173 Å². The third kappa shape index (κ3) is 41.8. The highest BCUT2D eigenvalue weighted by Crippen LogP contribution is 2.21. The zero-order valence-corrected chi connectivity index (χ0v) is 47.2. The van der Waals surface area contributed by atoms with Gasteiger partial charge in [-0.1, -0.05) is 103 Å². The standard InChI is InChI=1S/C59H111N7O8/c1-3-4-14-33-54(69)45-50(30-19-23-38-61)57(72)64-41-27-12-6-9-16-35-56(71)47-52(32-21-25-40-63)59(74)66-43-28-13-7-10-17-36-55(70)46-51(31-20-24-39-62)58(73)65-42-26-11-5-8-15-34-53(68)44-49(48(2)67)29-18-22-37-60/h49-52H,3-47,60-63H2,1-2H3,(H,64,72)(H,65,73)(H,66,74). The molecule has 0 aliphatic heterocycles. The van der Waals surface area contributed by atoms with E-state index in [0.29, 0.717) is 104 Å². The fraction of sp³-hybridized carbons (Fsp3) is 0.864. The first-order valence-corrected chi connectivity index (χ1v) is 30.0. The van der Waals surface area contributed by atoms with Gasteiger partial charge in [-0.3, -0.25) is 38.4 Å². The molecule has 0 saturated carbocycles. The van der Waals surface area contributed by atoms with Crippen LogP contribution in [0.2, 0.25) is 0 Å². The van der Waals surface area contributed by atoms with Gasteiger partial charge in [-0.15, -0.1) is 0 Å². The smallest absolute Gasteiger partial charge is 0.223 e. The summed E-state index contributed by atoms with van der Waals surface area (Å²) in [6.45, 7) is 7.65. The van der Waals surface area contributed by atoms with Crippen molar-refractivity contribution < 1.29 is 38.4 Å². The second-order valence-corrected chi connectivity index (χ2v) is 21.4. The summed E-state index contributed by atoms with van der Waals surface area (Å²) in [6, 6.07) is 0.